The Morgan fingerprint density at radius 3 is 2.83 bits per heavy atom. The molecule has 0 aliphatic carbocycles. The third kappa shape index (κ3) is 4.15. The number of halogens is 1. The number of nitrogens with zero attached hydrogens (tertiary/aromatic N) is 2. The molecular formula is C18H20FN3O2. The number of carbonyl (C=O) groups is 1. The fourth-order valence-corrected chi connectivity index (χ4v) is 3.03. The number of likely N-dealkylation sites (tertiary alicyclic amines) is 1. The topological polar surface area (TPSA) is 65.5 Å². The number of pyridine rings is 1. The van der Waals surface area contributed by atoms with Crippen molar-refractivity contribution < 1.29 is 14.3 Å². The number of aromatic nitrogens is 1. The summed E-state index contributed by atoms with van der Waals surface area (Å²) in [6.07, 6.45) is 3.46. The van der Waals surface area contributed by atoms with Crippen LogP contribution in [0.4, 0.5) is 4.39 Å². The van der Waals surface area contributed by atoms with E-state index in [1.807, 2.05) is 17.0 Å². The number of hydrogen-bond acceptors (Lipinski definition) is 4. The molecule has 5 nitrogen and oxygen atoms in total. The van der Waals surface area contributed by atoms with Crippen molar-refractivity contribution in [3.63, 3.8) is 0 Å². The molecule has 2 N–H and O–H groups in total. The molecule has 1 aliphatic rings. The van der Waals surface area contributed by atoms with Crippen molar-refractivity contribution in [2.75, 3.05) is 13.1 Å². The summed E-state index contributed by atoms with van der Waals surface area (Å²) in [5.41, 5.74) is 1.84. The first-order valence-electron chi connectivity index (χ1n) is 7.95. The van der Waals surface area contributed by atoms with Gasteiger partial charge < -0.3 is 10.4 Å². The van der Waals surface area contributed by atoms with Crippen LogP contribution in [0.15, 0.2) is 48.8 Å². The molecule has 1 aromatic heterocycles. The molecule has 1 fully saturated rings. The molecule has 6 heteroatoms. The standard InChI is InChI=1S/C18H20FN3O2/c19-15-5-3-14(4-6-15)17-8-16(23)11-22(17)12-18(24)21-10-13-2-1-7-20-9-13/h1-7,9,16-17,23H,8,10-12H2,(H,21,24)/t16-,17-/m1/s1. The largest absolute Gasteiger partial charge is 0.392 e. The predicted octanol–water partition coefficient (Wildman–Crippen LogP) is 1.64. The quantitative estimate of drug-likeness (QED) is 0.875. The van der Waals surface area contributed by atoms with E-state index in [1.54, 1.807) is 24.5 Å². The molecule has 0 unspecified atom stereocenters. The number of aliphatic hydroxyl groups is 1. The van der Waals surface area contributed by atoms with Crippen LogP contribution in [0.1, 0.15) is 23.6 Å². The van der Waals surface area contributed by atoms with Crippen LogP contribution in [-0.2, 0) is 11.3 Å². The van der Waals surface area contributed by atoms with Crippen molar-refractivity contribution in [2.45, 2.75) is 25.1 Å². The lowest BCUT2D eigenvalue weighted by atomic mass is 10.0. The highest BCUT2D eigenvalue weighted by molar-refractivity contribution is 5.78. The lowest BCUT2D eigenvalue weighted by molar-refractivity contribution is -0.122. The number of nitrogens with one attached hydrogen (secondary N) is 1. The van der Waals surface area contributed by atoms with E-state index < -0.39 is 6.10 Å². The summed E-state index contributed by atoms with van der Waals surface area (Å²) in [7, 11) is 0. The minimum atomic E-state index is -0.480. The number of carbonyl (C=O) groups excluding carboxylic acids is 1. The summed E-state index contributed by atoms with van der Waals surface area (Å²) in [6, 6.07) is 9.86. The van der Waals surface area contributed by atoms with Crippen molar-refractivity contribution in [3.8, 4) is 0 Å². The van der Waals surface area contributed by atoms with Crippen molar-refractivity contribution >= 4 is 5.91 Å². The lowest BCUT2D eigenvalue weighted by Gasteiger charge is -2.23. The van der Waals surface area contributed by atoms with Gasteiger partial charge in [0.1, 0.15) is 5.82 Å². The van der Waals surface area contributed by atoms with Gasteiger partial charge in [-0.1, -0.05) is 18.2 Å². The molecule has 1 aromatic carbocycles. The first-order chi connectivity index (χ1) is 11.6. The Kier molecular flexibility index (Phi) is 5.17. The monoisotopic (exact) mass is 329 g/mol. The van der Waals surface area contributed by atoms with Gasteiger partial charge in [-0.2, -0.15) is 0 Å². The summed E-state index contributed by atoms with van der Waals surface area (Å²) in [5, 5.41) is 12.8. The lowest BCUT2D eigenvalue weighted by Crippen LogP contribution is -2.37. The van der Waals surface area contributed by atoms with Gasteiger partial charge in [-0.15, -0.1) is 0 Å². The third-order valence-electron chi connectivity index (χ3n) is 4.20. The van der Waals surface area contributed by atoms with Crippen molar-refractivity contribution in [2.24, 2.45) is 0 Å². The first-order valence-corrected chi connectivity index (χ1v) is 7.95. The van der Waals surface area contributed by atoms with E-state index in [0.717, 1.165) is 11.1 Å². The molecule has 1 amide bonds. The van der Waals surface area contributed by atoms with Crippen LogP contribution in [0.2, 0.25) is 0 Å². The summed E-state index contributed by atoms with van der Waals surface area (Å²) < 4.78 is 13.1. The molecule has 0 bridgehead atoms. The van der Waals surface area contributed by atoms with E-state index in [0.29, 0.717) is 19.5 Å². The molecule has 0 spiro atoms. The second kappa shape index (κ2) is 7.51. The van der Waals surface area contributed by atoms with Crippen LogP contribution in [0.25, 0.3) is 0 Å². The van der Waals surface area contributed by atoms with E-state index in [1.165, 1.54) is 12.1 Å². The highest BCUT2D eigenvalue weighted by atomic mass is 19.1. The second-order valence-corrected chi connectivity index (χ2v) is 6.02. The minimum absolute atomic E-state index is 0.0789. The summed E-state index contributed by atoms with van der Waals surface area (Å²) in [5.74, 6) is -0.405. The fraction of sp³-hybridized carbons (Fsp3) is 0.333. The van der Waals surface area contributed by atoms with Crippen LogP contribution >= 0.6 is 0 Å². The molecule has 2 aromatic rings. The second-order valence-electron chi connectivity index (χ2n) is 6.02. The maximum Gasteiger partial charge on any atom is 0.234 e. The van der Waals surface area contributed by atoms with Crippen LogP contribution in [0.3, 0.4) is 0 Å². The van der Waals surface area contributed by atoms with Crippen molar-refractivity contribution in [1.82, 2.24) is 15.2 Å². The smallest absolute Gasteiger partial charge is 0.234 e. The van der Waals surface area contributed by atoms with Crippen LogP contribution in [0, 0.1) is 5.82 Å². The van der Waals surface area contributed by atoms with E-state index in [9.17, 15) is 14.3 Å². The number of hydrogen-bond donors (Lipinski definition) is 2. The maximum absolute atomic E-state index is 13.1. The Labute approximate surface area is 140 Å². The van der Waals surface area contributed by atoms with Crippen LogP contribution in [0.5, 0.6) is 0 Å². The van der Waals surface area contributed by atoms with Gasteiger partial charge >= 0.3 is 0 Å². The fourth-order valence-electron chi connectivity index (χ4n) is 3.03. The van der Waals surface area contributed by atoms with Gasteiger partial charge in [0.2, 0.25) is 5.91 Å². The van der Waals surface area contributed by atoms with Gasteiger partial charge in [-0.25, -0.2) is 4.39 Å². The van der Waals surface area contributed by atoms with Crippen LogP contribution < -0.4 is 5.32 Å². The molecular weight excluding hydrogens is 309 g/mol. The van der Waals surface area contributed by atoms with E-state index in [2.05, 4.69) is 10.3 Å². The first kappa shape index (κ1) is 16.5. The van der Waals surface area contributed by atoms with Gasteiger partial charge in [-0.3, -0.25) is 14.7 Å². The summed E-state index contributed by atoms with van der Waals surface area (Å²) >= 11 is 0. The van der Waals surface area contributed by atoms with Crippen molar-refractivity contribution in [3.05, 3.63) is 65.7 Å². The number of benzene rings is 1. The van der Waals surface area contributed by atoms with E-state index in [-0.39, 0.29) is 24.3 Å². The average molecular weight is 329 g/mol. The Balaban J connectivity index is 1.59. The predicted molar refractivity (Wildman–Crippen MR) is 87.4 cm³/mol. The highest BCUT2D eigenvalue weighted by Crippen LogP contribution is 2.31. The normalized spacial score (nSPS) is 20.9. The van der Waals surface area contributed by atoms with Crippen molar-refractivity contribution in [1.29, 1.82) is 0 Å². The SMILES string of the molecule is O=C(CN1C[C@H](O)C[C@@H]1c1ccc(F)cc1)NCc1cccnc1. The number of aliphatic hydroxyl groups excluding tert-OH is 1. The Morgan fingerprint density at radius 2 is 2.12 bits per heavy atom. The molecule has 2 atom stereocenters. The summed E-state index contributed by atoms with van der Waals surface area (Å²) in [6.45, 7) is 1.05. The number of rotatable bonds is 5. The zero-order valence-corrected chi connectivity index (χ0v) is 13.2. The Morgan fingerprint density at radius 1 is 1.33 bits per heavy atom. The van der Waals surface area contributed by atoms with Crippen LogP contribution in [-0.4, -0.2) is 40.1 Å². The molecule has 0 radical (unpaired) electrons. The molecule has 0 saturated carbocycles. The van der Waals surface area contributed by atoms with E-state index in [4.69, 9.17) is 0 Å². The zero-order chi connectivity index (χ0) is 16.9. The van der Waals surface area contributed by atoms with E-state index >= 15 is 0 Å². The molecule has 3 rings (SSSR count). The third-order valence-corrected chi connectivity index (χ3v) is 4.20. The number of β-amino-alcohol motifs (C(OH)–C–C–N with tert-alkyl or cyclic N) is 1. The molecule has 126 valence electrons. The number of amides is 1. The molecule has 24 heavy (non-hydrogen) atoms. The van der Waals surface area contributed by atoms with Gasteiger partial charge in [0.05, 0.1) is 12.6 Å². The molecule has 1 aliphatic heterocycles. The van der Waals surface area contributed by atoms with Gasteiger partial charge in [0, 0.05) is 31.5 Å². The Hall–Kier alpha value is -2.31. The van der Waals surface area contributed by atoms with Gasteiger partial charge in [0.25, 0.3) is 0 Å². The molecule has 2 heterocycles. The minimum Gasteiger partial charge on any atom is -0.392 e. The Bertz CT molecular complexity index is 678. The van der Waals surface area contributed by atoms with Gasteiger partial charge in [0.15, 0.2) is 0 Å². The molecule has 1 saturated heterocycles. The summed E-state index contributed by atoms with van der Waals surface area (Å²) in [4.78, 5) is 18.1. The van der Waals surface area contributed by atoms with Gasteiger partial charge in [-0.05, 0) is 35.7 Å². The maximum atomic E-state index is 13.1. The highest BCUT2D eigenvalue weighted by Gasteiger charge is 2.33. The zero-order valence-electron chi connectivity index (χ0n) is 13.2. The average Bonchev–Trinajstić information content (AvgIpc) is 2.95.